The summed E-state index contributed by atoms with van der Waals surface area (Å²) in [6, 6.07) is 13.9. The predicted molar refractivity (Wildman–Crippen MR) is 100 cm³/mol. The second kappa shape index (κ2) is 7.38. The van der Waals surface area contributed by atoms with E-state index in [0.29, 0.717) is 18.4 Å². The van der Waals surface area contributed by atoms with E-state index in [-0.39, 0.29) is 5.91 Å². The molecule has 1 amide bonds. The zero-order chi connectivity index (χ0) is 17.9. The van der Waals surface area contributed by atoms with Crippen LogP contribution in [0.3, 0.4) is 0 Å². The Morgan fingerprint density at radius 2 is 1.85 bits per heavy atom. The molecule has 2 aliphatic rings. The molecule has 136 valence electrons. The highest BCUT2D eigenvalue weighted by Crippen LogP contribution is 2.34. The monoisotopic (exact) mass is 352 g/mol. The molecular formula is C21H24N2O3. The van der Waals surface area contributed by atoms with Gasteiger partial charge in [-0.2, -0.15) is 0 Å². The molecule has 4 rings (SSSR count). The number of hydrogen-bond donors (Lipinski definition) is 2. The Kier molecular flexibility index (Phi) is 4.80. The van der Waals surface area contributed by atoms with Crippen LogP contribution in [0.25, 0.3) is 0 Å². The molecule has 5 nitrogen and oxygen atoms in total. The van der Waals surface area contributed by atoms with Gasteiger partial charge in [0.2, 0.25) is 0 Å². The maximum Gasteiger partial charge on any atom is 0.251 e. The molecular weight excluding hydrogens is 328 g/mol. The van der Waals surface area contributed by atoms with E-state index in [1.807, 2.05) is 36.4 Å². The molecule has 2 N–H and O–H groups in total. The van der Waals surface area contributed by atoms with Crippen LogP contribution in [0.15, 0.2) is 42.5 Å². The van der Waals surface area contributed by atoms with Gasteiger partial charge in [-0.05, 0) is 41.3 Å². The van der Waals surface area contributed by atoms with Crippen LogP contribution in [0.4, 0.5) is 0 Å². The first-order valence-electron chi connectivity index (χ1n) is 9.13. The van der Waals surface area contributed by atoms with Gasteiger partial charge in [0.15, 0.2) is 0 Å². The Morgan fingerprint density at radius 1 is 1.04 bits per heavy atom. The van der Waals surface area contributed by atoms with Gasteiger partial charge in [0.1, 0.15) is 11.5 Å². The van der Waals surface area contributed by atoms with Crippen molar-refractivity contribution in [2.45, 2.75) is 12.3 Å². The molecule has 2 aromatic carbocycles. The van der Waals surface area contributed by atoms with Crippen molar-refractivity contribution in [3.63, 3.8) is 0 Å². The lowest BCUT2D eigenvalue weighted by molar-refractivity contribution is 0.0952. The van der Waals surface area contributed by atoms with E-state index in [9.17, 15) is 4.79 Å². The van der Waals surface area contributed by atoms with Crippen LogP contribution < -0.4 is 20.1 Å². The number of carbonyl (C=O) groups is 1. The molecule has 0 saturated carbocycles. The van der Waals surface area contributed by atoms with Gasteiger partial charge < -0.3 is 20.1 Å². The highest BCUT2D eigenvalue weighted by atomic mass is 16.5. The van der Waals surface area contributed by atoms with E-state index in [0.717, 1.165) is 48.7 Å². The highest BCUT2D eigenvalue weighted by molar-refractivity contribution is 5.96. The van der Waals surface area contributed by atoms with Crippen LogP contribution in [0.1, 0.15) is 27.4 Å². The number of rotatable bonds is 5. The standard InChI is InChI=1S/C21H24N2O3/c1-25-16-4-2-14(3-5-16)8-9-26-17-6-7-18-19(10-17)21(24)23-12-15-11-22-13-20(15)18/h2-7,10,15,20,22H,8-9,11-13H2,1H3,(H,23,24)/t15-,20+/m0/s1. The zero-order valence-electron chi connectivity index (χ0n) is 15.0. The number of amides is 1. The first-order chi connectivity index (χ1) is 12.7. The van der Waals surface area contributed by atoms with Gasteiger partial charge in [-0.15, -0.1) is 0 Å². The predicted octanol–water partition coefficient (Wildman–Crippen LogP) is 2.36. The SMILES string of the molecule is COc1ccc(CCOc2ccc3c(c2)C(=O)NC[C@@H]2CNC[C@@H]32)cc1. The highest BCUT2D eigenvalue weighted by Gasteiger charge is 2.34. The fourth-order valence-corrected chi connectivity index (χ4v) is 3.85. The number of carbonyl (C=O) groups excluding carboxylic acids is 1. The van der Waals surface area contributed by atoms with Crippen LogP contribution in [-0.2, 0) is 6.42 Å². The first-order valence-corrected chi connectivity index (χ1v) is 9.13. The largest absolute Gasteiger partial charge is 0.497 e. The van der Waals surface area contributed by atoms with Gasteiger partial charge in [0.25, 0.3) is 5.91 Å². The minimum absolute atomic E-state index is 0.00926. The number of hydrogen-bond acceptors (Lipinski definition) is 4. The van der Waals surface area contributed by atoms with Crippen LogP contribution in [0.2, 0.25) is 0 Å². The van der Waals surface area contributed by atoms with Crippen molar-refractivity contribution in [1.29, 1.82) is 0 Å². The zero-order valence-corrected chi connectivity index (χ0v) is 15.0. The van der Waals surface area contributed by atoms with Crippen molar-refractivity contribution >= 4 is 5.91 Å². The third-order valence-corrected chi connectivity index (χ3v) is 5.35. The summed E-state index contributed by atoms with van der Waals surface area (Å²) >= 11 is 0. The minimum atomic E-state index is 0.00926. The summed E-state index contributed by atoms with van der Waals surface area (Å²) in [6.07, 6.45) is 0.807. The maximum absolute atomic E-state index is 12.4. The van der Waals surface area contributed by atoms with Gasteiger partial charge in [-0.1, -0.05) is 18.2 Å². The molecule has 2 atom stereocenters. The van der Waals surface area contributed by atoms with Gasteiger partial charge in [-0.3, -0.25) is 4.79 Å². The van der Waals surface area contributed by atoms with Gasteiger partial charge in [-0.25, -0.2) is 0 Å². The molecule has 5 heteroatoms. The smallest absolute Gasteiger partial charge is 0.251 e. The third kappa shape index (κ3) is 3.40. The molecule has 0 bridgehead atoms. The summed E-state index contributed by atoms with van der Waals surface area (Å²) in [6.45, 7) is 3.20. The van der Waals surface area contributed by atoms with Crippen LogP contribution in [-0.4, -0.2) is 39.3 Å². The summed E-state index contributed by atoms with van der Waals surface area (Å²) in [5, 5.41) is 6.48. The van der Waals surface area contributed by atoms with E-state index in [2.05, 4.69) is 16.7 Å². The van der Waals surface area contributed by atoms with Crippen LogP contribution in [0, 0.1) is 5.92 Å². The van der Waals surface area contributed by atoms with Gasteiger partial charge >= 0.3 is 0 Å². The number of fused-ring (bicyclic) bond motifs is 3. The van der Waals surface area contributed by atoms with Crippen molar-refractivity contribution in [3.8, 4) is 11.5 Å². The average Bonchev–Trinajstić information content (AvgIpc) is 3.10. The Morgan fingerprint density at radius 3 is 2.65 bits per heavy atom. The number of nitrogens with one attached hydrogen (secondary N) is 2. The molecule has 0 aromatic heterocycles. The third-order valence-electron chi connectivity index (χ3n) is 5.35. The molecule has 1 fully saturated rings. The van der Waals surface area contributed by atoms with E-state index in [1.165, 1.54) is 5.56 Å². The molecule has 2 aliphatic heterocycles. The van der Waals surface area contributed by atoms with Gasteiger partial charge in [0, 0.05) is 37.5 Å². The first kappa shape index (κ1) is 16.9. The lowest BCUT2D eigenvalue weighted by Gasteiger charge is -2.17. The summed E-state index contributed by atoms with van der Waals surface area (Å²) in [5.74, 6) is 2.48. The fourth-order valence-electron chi connectivity index (χ4n) is 3.85. The Balaban J connectivity index is 1.44. The number of benzene rings is 2. The van der Waals surface area contributed by atoms with Crippen molar-refractivity contribution in [2.24, 2.45) is 5.92 Å². The maximum atomic E-state index is 12.4. The van der Waals surface area contributed by atoms with Crippen LogP contribution in [0.5, 0.6) is 11.5 Å². The molecule has 2 aromatic rings. The van der Waals surface area contributed by atoms with Crippen LogP contribution >= 0.6 is 0 Å². The Labute approximate surface area is 153 Å². The molecule has 0 spiro atoms. The lowest BCUT2D eigenvalue weighted by Crippen LogP contribution is -2.28. The topological polar surface area (TPSA) is 59.6 Å². The molecule has 1 saturated heterocycles. The van der Waals surface area contributed by atoms with E-state index in [1.54, 1.807) is 7.11 Å². The molecule has 0 unspecified atom stereocenters. The van der Waals surface area contributed by atoms with E-state index in [4.69, 9.17) is 9.47 Å². The van der Waals surface area contributed by atoms with Crippen molar-refractivity contribution in [1.82, 2.24) is 10.6 Å². The van der Waals surface area contributed by atoms with Crippen molar-refractivity contribution in [3.05, 3.63) is 59.2 Å². The summed E-state index contributed by atoms with van der Waals surface area (Å²) in [5.41, 5.74) is 3.08. The molecule has 2 heterocycles. The average molecular weight is 352 g/mol. The Hall–Kier alpha value is -2.53. The minimum Gasteiger partial charge on any atom is -0.497 e. The second-order valence-electron chi connectivity index (χ2n) is 6.93. The van der Waals surface area contributed by atoms with E-state index < -0.39 is 0 Å². The number of methoxy groups -OCH3 is 1. The number of ether oxygens (including phenoxy) is 2. The normalized spacial score (nSPS) is 21.3. The van der Waals surface area contributed by atoms with E-state index >= 15 is 0 Å². The molecule has 26 heavy (non-hydrogen) atoms. The lowest BCUT2D eigenvalue weighted by atomic mass is 9.87. The van der Waals surface area contributed by atoms with Gasteiger partial charge in [0.05, 0.1) is 13.7 Å². The fraction of sp³-hybridized carbons (Fsp3) is 0.381. The summed E-state index contributed by atoms with van der Waals surface area (Å²) < 4.78 is 11.1. The summed E-state index contributed by atoms with van der Waals surface area (Å²) in [7, 11) is 1.66. The summed E-state index contributed by atoms with van der Waals surface area (Å²) in [4.78, 5) is 12.4. The Bertz CT molecular complexity index is 788. The van der Waals surface area contributed by atoms with Crippen molar-refractivity contribution < 1.29 is 14.3 Å². The molecule has 0 aliphatic carbocycles. The quantitative estimate of drug-likeness (QED) is 0.867. The second-order valence-corrected chi connectivity index (χ2v) is 6.93. The molecule has 0 radical (unpaired) electrons. The van der Waals surface area contributed by atoms with Crippen molar-refractivity contribution in [2.75, 3.05) is 33.4 Å².